The van der Waals surface area contributed by atoms with Gasteiger partial charge in [-0.05, 0) is 38.0 Å². The molecule has 1 saturated heterocycles. The van der Waals surface area contributed by atoms with Crippen molar-refractivity contribution in [3.05, 3.63) is 0 Å². The lowest BCUT2D eigenvalue weighted by molar-refractivity contribution is -0.130. The van der Waals surface area contributed by atoms with E-state index in [0.29, 0.717) is 18.4 Å². The zero-order valence-electron chi connectivity index (χ0n) is 10.4. The lowest BCUT2D eigenvalue weighted by Crippen LogP contribution is -2.33. The first-order valence-electron chi connectivity index (χ1n) is 6.77. The van der Waals surface area contributed by atoms with E-state index in [0.717, 1.165) is 25.6 Å². The Bertz CT molecular complexity index is 236. The van der Waals surface area contributed by atoms with Gasteiger partial charge in [-0.2, -0.15) is 0 Å². The Morgan fingerprint density at radius 1 is 1.31 bits per heavy atom. The van der Waals surface area contributed by atoms with E-state index >= 15 is 0 Å². The van der Waals surface area contributed by atoms with Crippen molar-refractivity contribution in [1.29, 1.82) is 0 Å². The van der Waals surface area contributed by atoms with Gasteiger partial charge in [-0.3, -0.25) is 4.79 Å². The van der Waals surface area contributed by atoms with Crippen LogP contribution in [0.25, 0.3) is 0 Å². The Labute approximate surface area is 98.6 Å². The summed E-state index contributed by atoms with van der Waals surface area (Å²) in [6.07, 6.45) is 7.00. The summed E-state index contributed by atoms with van der Waals surface area (Å²) < 4.78 is 0. The van der Waals surface area contributed by atoms with Crippen LogP contribution in [0.5, 0.6) is 0 Å². The fourth-order valence-corrected chi connectivity index (χ4v) is 2.90. The number of carbonyl (C=O) groups is 1. The van der Waals surface area contributed by atoms with E-state index in [1.54, 1.807) is 0 Å². The van der Waals surface area contributed by atoms with E-state index in [9.17, 15) is 4.79 Å². The molecule has 2 unspecified atom stereocenters. The Morgan fingerprint density at radius 3 is 2.69 bits per heavy atom. The minimum Gasteiger partial charge on any atom is -0.343 e. The summed E-state index contributed by atoms with van der Waals surface area (Å²) in [5.74, 6) is 1.21. The molecule has 1 amide bonds. The smallest absolute Gasteiger partial charge is 0.223 e. The van der Waals surface area contributed by atoms with Crippen LogP contribution in [0.3, 0.4) is 0 Å². The number of hydrogen-bond acceptors (Lipinski definition) is 2. The van der Waals surface area contributed by atoms with Gasteiger partial charge in [0.15, 0.2) is 0 Å². The van der Waals surface area contributed by atoms with Gasteiger partial charge in [0.1, 0.15) is 0 Å². The van der Waals surface area contributed by atoms with Gasteiger partial charge in [-0.25, -0.2) is 0 Å². The number of carbonyl (C=O) groups excluding carboxylic acids is 1. The van der Waals surface area contributed by atoms with Crippen molar-refractivity contribution >= 4 is 5.91 Å². The third-order valence-electron chi connectivity index (χ3n) is 3.93. The lowest BCUT2D eigenvalue weighted by atomic mass is 10.1. The monoisotopic (exact) mass is 224 g/mol. The van der Waals surface area contributed by atoms with Gasteiger partial charge in [0.25, 0.3) is 0 Å². The topological polar surface area (TPSA) is 32.3 Å². The SMILES string of the molecule is CC1CCC(NCCC(=O)N2CCCC2)C1. The molecule has 3 nitrogen and oxygen atoms in total. The van der Waals surface area contributed by atoms with Crippen LogP contribution in [0, 0.1) is 5.92 Å². The fourth-order valence-electron chi connectivity index (χ4n) is 2.90. The van der Waals surface area contributed by atoms with Crippen LogP contribution in [-0.4, -0.2) is 36.5 Å². The van der Waals surface area contributed by atoms with Crippen LogP contribution in [-0.2, 0) is 4.79 Å². The number of hydrogen-bond donors (Lipinski definition) is 1. The fraction of sp³-hybridized carbons (Fsp3) is 0.923. The van der Waals surface area contributed by atoms with Crippen molar-refractivity contribution in [2.75, 3.05) is 19.6 Å². The highest BCUT2D eigenvalue weighted by Gasteiger charge is 2.21. The van der Waals surface area contributed by atoms with Gasteiger partial charge in [-0.15, -0.1) is 0 Å². The van der Waals surface area contributed by atoms with Crippen molar-refractivity contribution < 1.29 is 4.79 Å². The Balaban J connectivity index is 1.58. The number of likely N-dealkylation sites (tertiary alicyclic amines) is 1. The highest BCUT2D eigenvalue weighted by molar-refractivity contribution is 5.76. The first kappa shape index (κ1) is 11.9. The zero-order chi connectivity index (χ0) is 11.4. The van der Waals surface area contributed by atoms with Crippen molar-refractivity contribution in [3.8, 4) is 0 Å². The molecule has 1 aliphatic heterocycles. The van der Waals surface area contributed by atoms with E-state index in [2.05, 4.69) is 12.2 Å². The maximum atomic E-state index is 11.8. The summed E-state index contributed by atoms with van der Waals surface area (Å²) >= 11 is 0. The summed E-state index contributed by atoms with van der Waals surface area (Å²) in [6.45, 7) is 5.16. The van der Waals surface area contributed by atoms with Crippen LogP contribution in [0.4, 0.5) is 0 Å². The molecule has 0 aromatic heterocycles. The Morgan fingerprint density at radius 2 is 2.06 bits per heavy atom. The molecule has 2 fully saturated rings. The average molecular weight is 224 g/mol. The van der Waals surface area contributed by atoms with Gasteiger partial charge >= 0.3 is 0 Å². The van der Waals surface area contributed by atoms with Gasteiger partial charge in [0, 0.05) is 32.1 Å². The second-order valence-electron chi connectivity index (χ2n) is 5.41. The molecule has 0 spiro atoms. The van der Waals surface area contributed by atoms with E-state index in [1.165, 1.54) is 32.1 Å². The highest BCUT2D eigenvalue weighted by atomic mass is 16.2. The maximum Gasteiger partial charge on any atom is 0.223 e. The largest absolute Gasteiger partial charge is 0.343 e. The first-order chi connectivity index (χ1) is 7.75. The van der Waals surface area contributed by atoms with Crippen molar-refractivity contribution in [2.24, 2.45) is 5.92 Å². The quantitative estimate of drug-likeness (QED) is 0.789. The summed E-state index contributed by atoms with van der Waals surface area (Å²) in [4.78, 5) is 13.8. The second kappa shape index (κ2) is 5.67. The van der Waals surface area contributed by atoms with Crippen LogP contribution >= 0.6 is 0 Å². The molecule has 1 N–H and O–H groups in total. The standard InChI is InChI=1S/C13H24N2O/c1-11-4-5-12(10-11)14-7-6-13(16)15-8-2-3-9-15/h11-12,14H,2-10H2,1H3. The third kappa shape index (κ3) is 3.21. The third-order valence-corrected chi connectivity index (χ3v) is 3.93. The number of nitrogens with zero attached hydrogens (tertiary/aromatic N) is 1. The normalized spacial score (nSPS) is 29.9. The molecule has 2 rings (SSSR count). The Kier molecular flexibility index (Phi) is 4.22. The van der Waals surface area contributed by atoms with E-state index in [1.807, 2.05) is 4.90 Å². The minimum atomic E-state index is 0.344. The summed E-state index contributed by atoms with van der Waals surface area (Å²) in [6, 6.07) is 0.668. The molecule has 0 radical (unpaired) electrons. The zero-order valence-corrected chi connectivity index (χ0v) is 10.4. The molecule has 0 bridgehead atoms. The molecule has 1 aliphatic carbocycles. The van der Waals surface area contributed by atoms with Crippen LogP contribution in [0.2, 0.25) is 0 Å². The molecule has 1 heterocycles. The van der Waals surface area contributed by atoms with E-state index in [4.69, 9.17) is 0 Å². The van der Waals surface area contributed by atoms with Crippen LogP contribution in [0.15, 0.2) is 0 Å². The van der Waals surface area contributed by atoms with Gasteiger partial charge in [0.2, 0.25) is 5.91 Å². The van der Waals surface area contributed by atoms with Crippen LogP contribution in [0.1, 0.15) is 45.4 Å². The molecular formula is C13H24N2O. The lowest BCUT2D eigenvalue weighted by Gasteiger charge is -2.17. The molecule has 3 heteroatoms. The molecule has 2 atom stereocenters. The average Bonchev–Trinajstić information content (AvgIpc) is 2.89. The predicted molar refractivity (Wildman–Crippen MR) is 65.2 cm³/mol. The van der Waals surface area contributed by atoms with Gasteiger partial charge in [0.05, 0.1) is 0 Å². The number of rotatable bonds is 4. The van der Waals surface area contributed by atoms with E-state index < -0.39 is 0 Å². The molecule has 92 valence electrons. The molecule has 0 aromatic carbocycles. The highest BCUT2D eigenvalue weighted by Crippen LogP contribution is 2.24. The van der Waals surface area contributed by atoms with Crippen molar-refractivity contribution in [3.63, 3.8) is 0 Å². The first-order valence-corrected chi connectivity index (χ1v) is 6.77. The molecule has 0 aromatic rings. The summed E-state index contributed by atoms with van der Waals surface area (Å²) in [5.41, 5.74) is 0. The second-order valence-corrected chi connectivity index (χ2v) is 5.41. The predicted octanol–water partition coefficient (Wildman–Crippen LogP) is 1.78. The van der Waals surface area contributed by atoms with Crippen molar-refractivity contribution in [1.82, 2.24) is 10.2 Å². The van der Waals surface area contributed by atoms with Gasteiger partial charge in [-0.1, -0.05) is 6.92 Å². The summed E-state index contributed by atoms with van der Waals surface area (Å²) in [7, 11) is 0. The van der Waals surface area contributed by atoms with Crippen molar-refractivity contribution in [2.45, 2.75) is 51.5 Å². The molecule has 2 aliphatic rings. The molecule has 16 heavy (non-hydrogen) atoms. The minimum absolute atomic E-state index is 0.344. The summed E-state index contributed by atoms with van der Waals surface area (Å²) in [5, 5.41) is 3.52. The Hall–Kier alpha value is -0.570. The van der Waals surface area contributed by atoms with Gasteiger partial charge < -0.3 is 10.2 Å². The number of nitrogens with one attached hydrogen (secondary N) is 1. The molecular weight excluding hydrogens is 200 g/mol. The number of amides is 1. The van der Waals surface area contributed by atoms with Crippen LogP contribution < -0.4 is 5.32 Å². The maximum absolute atomic E-state index is 11.8. The molecule has 1 saturated carbocycles. The van der Waals surface area contributed by atoms with E-state index in [-0.39, 0.29) is 0 Å².